The first kappa shape index (κ1) is 11.1. The largest absolute Gasteiger partial charge is 0.280 e. The highest BCUT2D eigenvalue weighted by Crippen LogP contribution is 2.29. The van der Waals surface area contributed by atoms with Gasteiger partial charge in [-0.25, -0.2) is 10.2 Å². The van der Waals surface area contributed by atoms with Crippen LogP contribution in [0, 0.1) is 12.7 Å². The van der Waals surface area contributed by atoms with Crippen LogP contribution in [0.25, 0.3) is 0 Å². The summed E-state index contributed by atoms with van der Waals surface area (Å²) in [6.07, 6.45) is 1.49. The Hall–Kier alpha value is -1.42. The van der Waals surface area contributed by atoms with E-state index in [0.29, 0.717) is 24.1 Å². The van der Waals surface area contributed by atoms with Crippen LogP contribution in [0.1, 0.15) is 29.9 Å². The summed E-state index contributed by atoms with van der Waals surface area (Å²) in [5, 5.41) is 1.19. The number of benzene rings is 1. The molecular formula is C12H15FN2O. The fourth-order valence-corrected chi connectivity index (χ4v) is 2.13. The average molecular weight is 222 g/mol. The maximum atomic E-state index is 13.9. The molecule has 4 heteroatoms. The molecule has 1 aromatic rings. The van der Waals surface area contributed by atoms with Crippen LogP contribution in [0.5, 0.6) is 0 Å². The van der Waals surface area contributed by atoms with Gasteiger partial charge in [0.15, 0.2) is 0 Å². The van der Waals surface area contributed by atoms with E-state index >= 15 is 0 Å². The smallest absolute Gasteiger partial charge is 0.244 e. The monoisotopic (exact) mass is 222 g/mol. The average Bonchev–Trinajstić information content (AvgIpc) is 2.27. The van der Waals surface area contributed by atoms with Crippen molar-refractivity contribution in [1.29, 1.82) is 0 Å². The van der Waals surface area contributed by atoms with E-state index in [1.807, 2.05) is 0 Å². The Kier molecular flexibility index (Phi) is 2.92. The lowest BCUT2D eigenvalue weighted by Crippen LogP contribution is -2.44. The van der Waals surface area contributed by atoms with Gasteiger partial charge < -0.3 is 0 Å². The molecule has 2 N–H and O–H groups in total. The van der Waals surface area contributed by atoms with Gasteiger partial charge in [0, 0.05) is 12.1 Å². The molecule has 0 aromatic heterocycles. The standard InChI is InChI=1S/C12H15FN2O/c1-8-4-2-5-9(11(8)13)10-6-3-7-15(14)12(10)16/h2,4-5,10H,3,6-7,14H2,1H3. The highest BCUT2D eigenvalue weighted by atomic mass is 19.1. The van der Waals surface area contributed by atoms with E-state index in [-0.39, 0.29) is 11.7 Å². The number of nitrogens with zero attached hydrogens (tertiary/aromatic N) is 1. The third-order valence-corrected chi connectivity index (χ3v) is 3.07. The summed E-state index contributed by atoms with van der Waals surface area (Å²) in [6.45, 7) is 2.26. The van der Waals surface area contributed by atoms with Gasteiger partial charge in [-0.05, 0) is 25.3 Å². The van der Waals surface area contributed by atoms with Gasteiger partial charge in [0.2, 0.25) is 5.91 Å². The van der Waals surface area contributed by atoms with Crippen LogP contribution in [0.2, 0.25) is 0 Å². The van der Waals surface area contributed by atoms with Gasteiger partial charge in [0.1, 0.15) is 5.82 Å². The lowest BCUT2D eigenvalue weighted by atomic mass is 9.89. The minimum atomic E-state index is -0.418. The molecule has 1 aliphatic rings. The Balaban J connectivity index is 2.36. The predicted octanol–water partition coefficient (Wildman–Crippen LogP) is 1.71. The van der Waals surface area contributed by atoms with Crippen LogP contribution in [-0.4, -0.2) is 17.5 Å². The molecular weight excluding hydrogens is 207 g/mol. The number of piperidine rings is 1. The van der Waals surface area contributed by atoms with E-state index in [0.717, 1.165) is 6.42 Å². The lowest BCUT2D eigenvalue weighted by Gasteiger charge is -2.29. The number of halogens is 1. The van der Waals surface area contributed by atoms with E-state index in [4.69, 9.17) is 5.84 Å². The van der Waals surface area contributed by atoms with Crippen molar-refractivity contribution in [2.75, 3.05) is 6.54 Å². The minimum Gasteiger partial charge on any atom is -0.280 e. The molecule has 1 saturated heterocycles. The molecule has 0 spiro atoms. The first-order chi connectivity index (χ1) is 7.61. The van der Waals surface area contributed by atoms with Crippen molar-refractivity contribution in [3.63, 3.8) is 0 Å². The van der Waals surface area contributed by atoms with Crippen molar-refractivity contribution < 1.29 is 9.18 Å². The van der Waals surface area contributed by atoms with Crippen molar-refractivity contribution >= 4 is 5.91 Å². The van der Waals surface area contributed by atoms with Crippen LogP contribution >= 0.6 is 0 Å². The lowest BCUT2D eigenvalue weighted by molar-refractivity contribution is -0.135. The van der Waals surface area contributed by atoms with Crippen LogP contribution in [0.15, 0.2) is 18.2 Å². The number of hydrazine groups is 1. The summed E-state index contributed by atoms with van der Waals surface area (Å²) in [5.74, 6) is 4.67. The van der Waals surface area contributed by atoms with E-state index in [1.165, 1.54) is 5.01 Å². The van der Waals surface area contributed by atoms with Crippen molar-refractivity contribution in [2.45, 2.75) is 25.7 Å². The molecule has 86 valence electrons. The number of nitrogens with two attached hydrogens (primary N) is 1. The third-order valence-electron chi connectivity index (χ3n) is 3.07. The molecule has 0 aliphatic carbocycles. The van der Waals surface area contributed by atoms with Gasteiger partial charge >= 0.3 is 0 Å². The molecule has 2 rings (SSSR count). The molecule has 1 amide bonds. The van der Waals surface area contributed by atoms with E-state index in [1.54, 1.807) is 25.1 Å². The number of carbonyl (C=O) groups excluding carboxylic acids is 1. The van der Waals surface area contributed by atoms with Gasteiger partial charge in [-0.2, -0.15) is 0 Å². The fourth-order valence-electron chi connectivity index (χ4n) is 2.13. The minimum absolute atomic E-state index is 0.184. The zero-order chi connectivity index (χ0) is 11.7. The third kappa shape index (κ3) is 1.80. The number of hydrogen-bond donors (Lipinski definition) is 1. The first-order valence-corrected chi connectivity index (χ1v) is 5.42. The molecule has 1 fully saturated rings. The van der Waals surface area contributed by atoms with Crippen LogP contribution in [0.3, 0.4) is 0 Å². The zero-order valence-corrected chi connectivity index (χ0v) is 9.24. The van der Waals surface area contributed by atoms with Crippen molar-refractivity contribution in [1.82, 2.24) is 5.01 Å². The maximum absolute atomic E-state index is 13.9. The second-order valence-corrected chi connectivity index (χ2v) is 4.20. The number of amides is 1. The normalized spacial score (nSPS) is 21.3. The number of rotatable bonds is 1. The van der Waals surface area contributed by atoms with Gasteiger partial charge in [-0.1, -0.05) is 18.2 Å². The number of hydrogen-bond acceptors (Lipinski definition) is 2. The van der Waals surface area contributed by atoms with Crippen molar-refractivity contribution in [3.05, 3.63) is 35.1 Å². The van der Waals surface area contributed by atoms with E-state index in [2.05, 4.69) is 0 Å². The summed E-state index contributed by atoms with van der Waals surface area (Å²) in [5.41, 5.74) is 1.04. The van der Waals surface area contributed by atoms with Gasteiger partial charge in [0.05, 0.1) is 5.92 Å². The molecule has 1 atom stereocenters. The van der Waals surface area contributed by atoms with Crippen LogP contribution < -0.4 is 5.84 Å². The number of carbonyl (C=O) groups is 1. The Morgan fingerprint density at radius 2 is 2.25 bits per heavy atom. The van der Waals surface area contributed by atoms with E-state index < -0.39 is 5.92 Å². The Morgan fingerprint density at radius 3 is 3.00 bits per heavy atom. The molecule has 1 aromatic carbocycles. The highest BCUT2D eigenvalue weighted by Gasteiger charge is 2.30. The summed E-state index contributed by atoms with van der Waals surface area (Å²) in [6, 6.07) is 5.15. The predicted molar refractivity (Wildman–Crippen MR) is 59.0 cm³/mol. The fraction of sp³-hybridized carbons (Fsp3) is 0.417. The first-order valence-electron chi connectivity index (χ1n) is 5.42. The van der Waals surface area contributed by atoms with E-state index in [9.17, 15) is 9.18 Å². The van der Waals surface area contributed by atoms with Crippen LogP contribution in [-0.2, 0) is 4.79 Å². The maximum Gasteiger partial charge on any atom is 0.244 e. The number of aryl methyl sites for hydroxylation is 1. The highest BCUT2D eigenvalue weighted by molar-refractivity contribution is 5.84. The molecule has 3 nitrogen and oxygen atoms in total. The molecule has 1 heterocycles. The molecule has 0 saturated carbocycles. The Bertz CT molecular complexity index is 419. The van der Waals surface area contributed by atoms with Gasteiger partial charge in [0.25, 0.3) is 0 Å². The zero-order valence-electron chi connectivity index (χ0n) is 9.24. The molecule has 1 aliphatic heterocycles. The van der Waals surface area contributed by atoms with Crippen LogP contribution in [0.4, 0.5) is 4.39 Å². The Labute approximate surface area is 94.0 Å². The molecule has 16 heavy (non-hydrogen) atoms. The van der Waals surface area contributed by atoms with Crippen molar-refractivity contribution in [3.8, 4) is 0 Å². The van der Waals surface area contributed by atoms with Gasteiger partial charge in [-0.15, -0.1) is 0 Å². The summed E-state index contributed by atoms with van der Waals surface area (Å²) >= 11 is 0. The summed E-state index contributed by atoms with van der Waals surface area (Å²) < 4.78 is 13.9. The summed E-state index contributed by atoms with van der Waals surface area (Å²) in [7, 11) is 0. The second-order valence-electron chi connectivity index (χ2n) is 4.20. The molecule has 0 radical (unpaired) electrons. The molecule has 1 unspecified atom stereocenters. The van der Waals surface area contributed by atoms with Gasteiger partial charge in [-0.3, -0.25) is 9.80 Å². The molecule has 0 bridgehead atoms. The quantitative estimate of drug-likeness (QED) is 0.581. The Morgan fingerprint density at radius 1 is 1.50 bits per heavy atom. The second kappa shape index (κ2) is 4.22. The van der Waals surface area contributed by atoms with Crippen molar-refractivity contribution in [2.24, 2.45) is 5.84 Å². The topological polar surface area (TPSA) is 46.3 Å². The summed E-state index contributed by atoms with van der Waals surface area (Å²) in [4.78, 5) is 11.8. The SMILES string of the molecule is Cc1cccc(C2CCCN(N)C2=O)c1F.